The SMILES string of the molecule is CCCCCCCCCCc1nnc(C#CCC(C)OC(C)=O)cc1-c1ccccc1. The van der Waals surface area contributed by atoms with Crippen LogP contribution in [0.25, 0.3) is 11.1 Å². The lowest BCUT2D eigenvalue weighted by molar-refractivity contribution is -0.145. The Morgan fingerprint density at radius 2 is 1.68 bits per heavy atom. The Balaban J connectivity index is 2.00. The average molecular weight is 421 g/mol. The van der Waals surface area contributed by atoms with E-state index in [9.17, 15) is 4.79 Å². The zero-order chi connectivity index (χ0) is 22.3. The number of aryl methyl sites for hydroxylation is 1. The lowest BCUT2D eigenvalue weighted by Crippen LogP contribution is -2.10. The van der Waals surface area contributed by atoms with Gasteiger partial charge < -0.3 is 4.74 Å². The van der Waals surface area contributed by atoms with E-state index in [1.54, 1.807) is 0 Å². The predicted molar refractivity (Wildman–Crippen MR) is 127 cm³/mol. The van der Waals surface area contributed by atoms with Crippen molar-refractivity contribution in [2.45, 2.75) is 91.1 Å². The molecule has 0 aliphatic rings. The monoisotopic (exact) mass is 420 g/mol. The number of esters is 1. The molecule has 4 nitrogen and oxygen atoms in total. The highest BCUT2D eigenvalue weighted by molar-refractivity contribution is 5.67. The Bertz CT molecular complexity index is 853. The van der Waals surface area contributed by atoms with Gasteiger partial charge in [0.1, 0.15) is 11.8 Å². The van der Waals surface area contributed by atoms with E-state index < -0.39 is 0 Å². The molecule has 0 saturated carbocycles. The molecule has 2 rings (SSSR count). The summed E-state index contributed by atoms with van der Waals surface area (Å²) in [6.45, 7) is 5.50. The van der Waals surface area contributed by atoms with Gasteiger partial charge in [0, 0.05) is 18.9 Å². The minimum Gasteiger partial charge on any atom is -0.462 e. The molecule has 166 valence electrons. The molecule has 0 saturated heterocycles. The summed E-state index contributed by atoms with van der Waals surface area (Å²) in [6.07, 6.45) is 11.5. The third kappa shape index (κ3) is 9.79. The molecule has 0 spiro atoms. The predicted octanol–water partition coefficient (Wildman–Crippen LogP) is 6.52. The Kier molecular flexibility index (Phi) is 11.4. The Morgan fingerprint density at radius 3 is 2.35 bits per heavy atom. The van der Waals surface area contributed by atoms with Crippen molar-refractivity contribution in [1.29, 1.82) is 0 Å². The molecule has 1 heterocycles. The molecule has 0 fully saturated rings. The first-order chi connectivity index (χ1) is 15.1. The smallest absolute Gasteiger partial charge is 0.302 e. The highest BCUT2D eigenvalue weighted by atomic mass is 16.5. The minimum atomic E-state index is -0.286. The van der Waals surface area contributed by atoms with Crippen LogP contribution in [0.1, 0.15) is 89.9 Å². The van der Waals surface area contributed by atoms with Crippen LogP contribution in [0.2, 0.25) is 0 Å². The van der Waals surface area contributed by atoms with Crippen LogP contribution >= 0.6 is 0 Å². The highest BCUT2D eigenvalue weighted by Crippen LogP contribution is 2.24. The number of hydrogen-bond donors (Lipinski definition) is 0. The fourth-order valence-corrected chi connectivity index (χ4v) is 3.57. The van der Waals surface area contributed by atoms with Gasteiger partial charge in [-0.1, -0.05) is 88.1 Å². The number of carbonyl (C=O) groups is 1. The van der Waals surface area contributed by atoms with Crippen molar-refractivity contribution < 1.29 is 9.53 Å². The van der Waals surface area contributed by atoms with Crippen molar-refractivity contribution in [3.8, 4) is 23.0 Å². The molecule has 1 aromatic carbocycles. The number of benzene rings is 1. The van der Waals surface area contributed by atoms with E-state index in [-0.39, 0.29) is 12.1 Å². The topological polar surface area (TPSA) is 52.1 Å². The van der Waals surface area contributed by atoms with E-state index in [4.69, 9.17) is 4.74 Å². The number of ether oxygens (including phenoxy) is 1. The maximum Gasteiger partial charge on any atom is 0.302 e. The second-order valence-electron chi connectivity index (χ2n) is 8.11. The standard InChI is InChI=1S/C27H36N2O2/c1-4-5-6-7-8-9-10-14-20-27-26(24-17-12-11-13-18-24)21-25(28-29-27)19-15-16-22(2)31-23(3)30/h11-13,17-18,21-22H,4-10,14,16,20H2,1-3H3. The quantitative estimate of drug-likeness (QED) is 0.223. The van der Waals surface area contributed by atoms with Gasteiger partial charge in [0.15, 0.2) is 0 Å². The second kappa shape index (κ2) is 14.4. The van der Waals surface area contributed by atoms with Crippen LogP contribution in [0.5, 0.6) is 0 Å². The van der Waals surface area contributed by atoms with Crippen molar-refractivity contribution >= 4 is 5.97 Å². The molecule has 0 bridgehead atoms. The Labute approximate surface area is 187 Å². The third-order valence-corrected chi connectivity index (χ3v) is 5.20. The number of hydrogen-bond acceptors (Lipinski definition) is 4. The lowest BCUT2D eigenvalue weighted by Gasteiger charge is -2.09. The maximum absolute atomic E-state index is 11.0. The molecule has 1 aromatic heterocycles. The number of aromatic nitrogens is 2. The van der Waals surface area contributed by atoms with E-state index in [2.05, 4.69) is 41.1 Å². The van der Waals surface area contributed by atoms with E-state index in [1.165, 1.54) is 51.9 Å². The van der Waals surface area contributed by atoms with Gasteiger partial charge in [-0.05, 0) is 37.3 Å². The van der Waals surface area contributed by atoms with Crippen LogP contribution in [0.3, 0.4) is 0 Å². The molecule has 1 atom stereocenters. The molecule has 0 aliphatic carbocycles. The minimum absolute atomic E-state index is 0.229. The summed E-state index contributed by atoms with van der Waals surface area (Å²) in [5, 5.41) is 8.86. The summed E-state index contributed by atoms with van der Waals surface area (Å²) in [4.78, 5) is 11.0. The van der Waals surface area contributed by atoms with Crippen molar-refractivity contribution in [2.24, 2.45) is 0 Å². The van der Waals surface area contributed by atoms with E-state index in [0.717, 1.165) is 29.7 Å². The van der Waals surface area contributed by atoms with Crippen LogP contribution in [-0.2, 0) is 16.0 Å². The summed E-state index contributed by atoms with van der Waals surface area (Å²) >= 11 is 0. The number of nitrogens with zero attached hydrogens (tertiary/aromatic N) is 2. The highest BCUT2D eigenvalue weighted by Gasteiger charge is 2.09. The van der Waals surface area contributed by atoms with Gasteiger partial charge >= 0.3 is 5.97 Å². The van der Waals surface area contributed by atoms with Crippen LogP contribution in [-0.4, -0.2) is 22.3 Å². The van der Waals surface area contributed by atoms with Gasteiger partial charge in [0.2, 0.25) is 0 Å². The van der Waals surface area contributed by atoms with Gasteiger partial charge in [0.25, 0.3) is 0 Å². The van der Waals surface area contributed by atoms with Gasteiger partial charge in [-0.15, -0.1) is 5.10 Å². The molecule has 0 aliphatic heterocycles. The second-order valence-corrected chi connectivity index (χ2v) is 8.11. The molecule has 31 heavy (non-hydrogen) atoms. The molecular weight excluding hydrogens is 384 g/mol. The van der Waals surface area contributed by atoms with Gasteiger partial charge in [-0.3, -0.25) is 4.79 Å². The summed E-state index contributed by atoms with van der Waals surface area (Å²) in [5.74, 6) is 5.84. The summed E-state index contributed by atoms with van der Waals surface area (Å²) in [5.41, 5.74) is 3.93. The number of unbranched alkanes of at least 4 members (excludes halogenated alkanes) is 7. The summed E-state index contributed by atoms with van der Waals surface area (Å²) < 4.78 is 5.11. The fourth-order valence-electron chi connectivity index (χ4n) is 3.57. The molecule has 0 radical (unpaired) electrons. The summed E-state index contributed by atoms with van der Waals surface area (Å²) in [6, 6.07) is 12.4. The molecule has 0 amide bonds. The van der Waals surface area contributed by atoms with Crippen LogP contribution in [0, 0.1) is 11.8 Å². The number of rotatable bonds is 12. The Hall–Kier alpha value is -2.67. The zero-order valence-electron chi connectivity index (χ0n) is 19.3. The molecule has 2 aromatic rings. The first kappa shape index (κ1) is 24.6. The first-order valence-electron chi connectivity index (χ1n) is 11.7. The van der Waals surface area contributed by atoms with E-state index in [0.29, 0.717) is 12.1 Å². The Morgan fingerprint density at radius 1 is 1.00 bits per heavy atom. The molecule has 4 heteroatoms. The lowest BCUT2D eigenvalue weighted by atomic mass is 9.99. The third-order valence-electron chi connectivity index (χ3n) is 5.20. The normalized spacial score (nSPS) is 11.5. The van der Waals surface area contributed by atoms with Crippen molar-refractivity contribution in [1.82, 2.24) is 10.2 Å². The largest absolute Gasteiger partial charge is 0.462 e. The molecular formula is C27H36N2O2. The van der Waals surface area contributed by atoms with Crippen LogP contribution in [0.4, 0.5) is 0 Å². The van der Waals surface area contributed by atoms with E-state index >= 15 is 0 Å². The molecule has 1 unspecified atom stereocenters. The van der Waals surface area contributed by atoms with Crippen molar-refractivity contribution in [3.05, 3.63) is 47.8 Å². The number of carbonyl (C=O) groups excluding carboxylic acids is 1. The average Bonchev–Trinajstić information content (AvgIpc) is 2.76. The van der Waals surface area contributed by atoms with Crippen molar-refractivity contribution in [3.63, 3.8) is 0 Å². The molecule has 0 N–H and O–H groups in total. The zero-order valence-corrected chi connectivity index (χ0v) is 19.3. The van der Waals surface area contributed by atoms with E-state index in [1.807, 2.05) is 31.2 Å². The maximum atomic E-state index is 11.0. The van der Waals surface area contributed by atoms with Gasteiger partial charge in [0.05, 0.1) is 5.69 Å². The van der Waals surface area contributed by atoms with Crippen LogP contribution < -0.4 is 0 Å². The fraction of sp³-hybridized carbons (Fsp3) is 0.519. The van der Waals surface area contributed by atoms with Gasteiger partial charge in [-0.2, -0.15) is 5.10 Å². The van der Waals surface area contributed by atoms with Crippen molar-refractivity contribution in [2.75, 3.05) is 0 Å². The van der Waals surface area contributed by atoms with Crippen LogP contribution in [0.15, 0.2) is 36.4 Å². The van der Waals surface area contributed by atoms with Gasteiger partial charge in [-0.25, -0.2) is 0 Å². The first-order valence-corrected chi connectivity index (χ1v) is 11.7. The summed E-state index contributed by atoms with van der Waals surface area (Å²) in [7, 11) is 0.